The normalized spacial score (nSPS) is 24.3. The van der Waals surface area contributed by atoms with Gasteiger partial charge in [0, 0.05) is 25.8 Å². The molecular weight excluding hydrogens is 234 g/mol. The minimum Gasteiger partial charge on any atom is -0.394 e. The van der Waals surface area contributed by atoms with Gasteiger partial charge in [-0.1, -0.05) is 0 Å². The van der Waals surface area contributed by atoms with Crippen molar-refractivity contribution in [2.45, 2.75) is 26.1 Å². The van der Waals surface area contributed by atoms with E-state index in [-0.39, 0.29) is 24.7 Å². The molecular formula is C12H19N3O3. The SMILES string of the molecule is Cc1c(C(=O)N2CC(C)OC(CO)C2)cnn1C. The summed E-state index contributed by atoms with van der Waals surface area (Å²) in [6.07, 6.45) is 1.23. The quantitative estimate of drug-likeness (QED) is 0.802. The van der Waals surface area contributed by atoms with E-state index in [0.717, 1.165) is 5.69 Å². The van der Waals surface area contributed by atoms with Gasteiger partial charge in [0.05, 0.1) is 30.6 Å². The highest BCUT2D eigenvalue weighted by atomic mass is 16.5. The van der Waals surface area contributed by atoms with Crippen LogP contribution in [0.2, 0.25) is 0 Å². The minimum absolute atomic E-state index is 0.0470. The van der Waals surface area contributed by atoms with Crippen LogP contribution in [0, 0.1) is 6.92 Å². The van der Waals surface area contributed by atoms with Crippen LogP contribution in [0.25, 0.3) is 0 Å². The third kappa shape index (κ3) is 2.39. The van der Waals surface area contributed by atoms with Crippen LogP contribution in [0.1, 0.15) is 23.0 Å². The highest BCUT2D eigenvalue weighted by molar-refractivity contribution is 5.95. The third-order valence-corrected chi connectivity index (χ3v) is 3.28. The molecule has 100 valence electrons. The van der Waals surface area contributed by atoms with Gasteiger partial charge in [0.25, 0.3) is 5.91 Å². The van der Waals surface area contributed by atoms with Crippen molar-refractivity contribution in [1.82, 2.24) is 14.7 Å². The molecule has 0 bridgehead atoms. The summed E-state index contributed by atoms with van der Waals surface area (Å²) in [4.78, 5) is 14.1. The zero-order valence-electron chi connectivity index (χ0n) is 11.0. The molecule has 1 aromatic rings. The molecule has 0 saturated carbocycles. The van der Waals surface area contributed by atoms with Gasteiger partial charge in [-0.25, -0.2) is 0 Å². The summed E-state index contributed by atoms with van der Waals surface area (Å²) in [5.41, 5.74) is 1.46. The first kappa shape index (κ1) is 13.0. The average Bonchev–Trinajstić information content (AvgIpc) is 2.68. The van der Waals surface area contributed by atoms with Gasteiger partial charge in [-0.15, -0.1) is 0 Å². The topological polar surface area (TPSA) is 67.6 Å². The van der Waals surface area contributed by atoms with Gasteiger partial charge in [-0.3, -0.25) is 9.48 Å². The summed E-state index contributed by atoms with van der Waals surface area (Å²) in [7, 11) is 1.81. The number of amides is 1. The lowest BCUT2D eigenvalue weighted by Crippen LogP contribution is -2.50. The van der Waals surface area contributed by atoms with E-state index in [1.165, 1.54) is 0 Å². The molecule has 1 N–H and O–H groups in total. The molecule has 0 spiro atoms. The Morgan fingerprint density at radius 3 is 2.89 bits per heavy atom. The van der Waals surface area contributed by atoms with Crippen molar-refractivity contribution in [3.05, 3.63) is 17.5 Å². The fourth-order valence-electron chi connectivity index (χ4n) is 2.19. The number of ether oxygens (including phenoxy) is 1. The Kier molecular flexibility index (Phi) is 3.68. The number of nitrogens with zero attached hydrogens (tertiary/aromatic N) is 3. The number of carbonyl (C=O) groups is 1. The van der Waals surface area contributed by atoms with E-state index in [1.807, 2.05) is 20.9 Å². The Hall–Kier alpha value is -1.40. The van der Waals surface area contributed by atoms with Crippen LogP contribution in [0.3, 0.4) is 0 Å². The van der Waals surface area contributed by atoms with E-state index in [2.05, 4.69) is 5.10 Å². The summed E-state index contributed by atoms with van der Waals surface area (Å²) >= 11 is 0. The number of hydrogen-bond acceptors (Lipinski definition) is 4. The monoisotopic (exact) mass is 253 g/mol. The summed E-state index contributed by atoms with van der Waals surface area (Å²) in [5, 5.41) is 13.2. The zero-order chi connectivity index (χ0) is 13.3. The van der Waals surface area contributed by atoms with Crippen molar-refractivity contribution in [3.8, 4) is 0 Å². The standard InChI is InChI=1S/C12H19N3O3/c1-8-5-15(6-10(7-16)18-8)12(17)11-4-13-14(3)9(11)2/h4,8,10,16H,5-7H2,1-3H3. The van der Waals surface area contributed by atoms with Crippen molar-refractivity contribution in [2.24, 2.45) is 7.05 Å². The number of aromatic nitrogens is 2. The smallest absolute Gasteiger partial charge is 0.257 e. The minimum atomic E-state index is -0.297. The molecule has 2 rings (SSSR count). The lowest BCUT2D eigenvalue weighted by Gasteiger charge is -2.36. The number of aliphatic hydroxyl groups excluding tert-OH is 1. The fourth-order valence-corrected chi connectivity index (χ4v) is 2.19. The van der Waals surface area contributed by atoms with Gasteiger partial charge in [-0.2, -0.15) is 5.10 Å². The Balaban J connectivity index is 2.15. The van der Waals surface area contributed by atoms with Crippen molar-refractivity contribution < 1.29 is 14.6 Å². The summed E-state index contributed by atoms with van der Waals surface area (Å²) in [6.45, 7) is 4.67. The number of rotatable bonds is 2. The van der Waals surface area contributed by atoms with E-state index >= 15 is 0 Å². The van der Waals surface area contributed by atoms with Crippen molar-refractivity contribution in [2.75, 3.05) is 19.7 Å². The van der Waals surface area contributed by atoms with E-state index < -0.39 is 0 Å². The number of aryl methyl sites for hydroxylation is 1. The van der Waals surface area contributed by atoms with Crippen molar-refractivity contribution in [1.29, 1.82) is 0 Å². The molecule has 18 heavy (non-hydrogen) atoms. The van der Waals surface area contributed by atoms with Gasteiger partial charge in [-0.05, 0) is 13.8 Å². The Bertz CT molecular complexity index is 444. The molecule has 1 aliphatic rings. The van der Waals surface area contributed by atoms with Gasteiger partial charge >= 0.3 is 0 Å². The van der Waals surface area contributed by atoms with Gasteiger partial charge in [0.15, 0.2) is 0 Å². The molecule has 1 aliphatic heterocycles. The van der Waals surface area contributed by atoms with Crippen LogP contribution in [0.5, 0.6) is 0 Å². The van der Waals surface area contributed by atoms with E-state index in [1.54, 1.807) is 15.8 Å². The Morgan fingerprint density at radius 2 is 2.33 bits per heavy atom. The van der Waals surface area contributed by atoms with Crippen LogP contribution >= 0.6 is 0 Å². The first-order valence-corrected chi connectivity index (χ1v) is 6.07. The number of carbonyl (C=O) groups excluding carboxylic acids is 1. The van der Waals surface area contributed by atoms with Gasteiger partial charge in [0.2, 0.25) is 0 Å². The highest BCUT2D eigenvalue weighted by Crippen LogP contribution is 2.16. The largest absolute Gasteiger partial charge is 0.394 e. The molecule has 1 saturated heterocycles. The van der Waals surface area contributed by atoms with Crippen molar-refractivity contribution in [3.63, 3.8) is 0 Å². The molecule has 2 unspecified atom stereocenters. The zero-order valence-corrected chi connectivity index (χ0v) is 11.0. The summed E-state index contributed by atoms with van der Waals surface area (Å²) in [6, 6.07) is 0. The Labute approximate surface area is 106 Å². The molecule has 1 aromatic heterocycles. The second-order valence-electron chi connectivity index (χ2n) is 4.73. The van der Waals surface area contributed by atoms with Crippen LogP contribution in [0.15, 0.2) is 6.20 Å². The van der Waals surface area contributed by atoms with Crippen LogP contribution in [0.4, 0.5) is 0 Å². The summed E-state index contributed by atoms with van der Waals surface area (Å²) in [5.74, 6) is -0.0470. The van der Waals surface area contributed by atoms with E-state index in [9.17, 15) is 4.79 Å². The molecule has 0 aliphatic carbocycles. The molecule has 6 heteroatoms. The van der Waals surface area contributed by atoms with Crippen molar-refractivity contribution >= 4 is 5.91 Å². The maximum absolute atomic E-state index is 12.4. The maximum Gasteiger partial charge on any atom is 0.257 e. The first-order chi connectivity index (χ1) is 8.52. The molecule has 1 fully saturated rings. The molecule has 0 aromatic carbocycles. The van der Waals surface area contributed by atoms with E-state index in [4.69, 9.17) is 9.84 Å². The first-order valence-electron chi connectivity index (χ1n) is 6.07. The van der Waals surface area contributed by atoms with Crippen LogP contribution < -0.4 is 0 Å². The van der Waals surface area contributed by atoms with Gasteiger partial charge in [0.1, 0.15) is 0 Å². The predicted octanol–water partition coefficient (Wildman–Crippen LogP) is -0.0497. The third-order valence-electron chi connectivity index (χ3n) is 3.28. The highest BCUT2D eigenvalue weighted by Gasteiger charge is 2.29. The molecule has 6 nitrogen and oxygen atoms in total. The molecule has 2 heterocycles. The number of morpholine rings is 1. The lowest BCUT2D eigenvalue weighted by molar-refractivity contribution is -0.0858. The predicted molar refractivity (Wildman–Crippen MR) is 65.3 cm³/mol. The maximum atomic E-state index is 12.4. The molecule has 1 amide bonds. The number of aliphatic hydroxyl groups is 1. The average molecular weight is 253 g/mol. The summed E-state index contributed by atoms with van der Waals surface area (Å²) < 4.78 is 7.20. The van der Waals surface area contributed by atoms with Crippen LogP contribution in [-0.4, -0.2) is 57.6 Å². The fraction of sp³-hybridized carbons (Fsp3) is 0.667. The second kappa shape index (κ2) is 5.07. The second-order valence-corrected chi connectivity index (χ2v) is 4.73. The lowest BCUT2D eigenvalue weighted by atomic mass is 10.1. The number of hydrogen-bond donors (Lipinski definition) is 1. The van der Waals surface area contributed by atoms with E-state index in [0.29, 0.717) is 18.7 Å². The van der Waals surface area contributed by atoms with Gasteiger partial charge < -0.3 is 14.7 Å². The van der Waals surface area contributed by atoms with Crippen LogP contribution in [-0.2, 0) is 11.8 Å². The Morgan fingerprint density at radius 1 is 1.61 bits per heavy atom. The molecule has 0 radical (unpaired) electrons. The molecule has 2 atom stereocenters.